The summed E-state index contributed by atoms with van der Waals surface area (Å²) in [4.78, 5) is 41.1. The van der Waals surface area contributed by atoms with E-state index in [2.05, 4.69) is 4.98 Å². The van der Waals surface area contributed by atoms with Gasteiger partial charge >= 0.3 is 11.9 Å². The maximum atomic E-state index is 12.6. The van der Waals surface area contributed by atoms with E-state index in [1.54, 1.807) is 6.92 Å². The third kappa shape index (κ3) is 3.81. The van der Waals surface area contributed by atoms with Crippen molar-refractivity contribution in [2.75, 3.05) is 13.7 Å². The molecule has 24 heavy (non-hydrogen) atoms. The van der Waals surface area contributed by atoms with Gasteiger partial charge in [0.05, 0.1) is 25.4 Å². The summed E-state index contributed by atoms with van der Waals surface area (Å²) in [5, 5.41) is 0.331. The molecule has 8 heteroatoms. The van der Waals surface area contributed by atoms with E-state index >= 15 is 0 Å². The van der Waals surface area contributed by atoms with Crippen molar-refractivity contribution in [3.63, 3.8) is 0 Å². The predicted octanol–water partition coefficient (Wildman–Crippen LogP) is 2.14. The number of rotatable bonds is 6. The lowest BCUT2D eigenvalue weighted by Crippen LogP contribution is -2.26. The molecule has 0 aromatic carbocycles. The minimum Gasteiger partial charge on any atom is -0.465 e. The second-order valence-corrected chi connectivity index (χ2v) is 6.81. The molecule has 0 atom stereocenters. The van der Waals surface area contributed by atoms with Crippen LogP contribution in [0.1, 0.15) is 35.5 Å². The van der Waals surface area contributed by atoms with Crippen LogP contribution in [0.2, 0.25) is 0 Å². The molecule has 0 aliphatic rings. The lowest BCUT2D eigenvalue weighted by Gasteiger charge is -2.08. The van der Waals surface area contributed by atoms with Gasteiger partial charge in [-0.05, 0) is 24.8 Å². The zero-order valence-electron chi connectivity index (χ0n) is 14.1. The highest BCUT2D eigenvalue weighted by atomic mass is 32.1. The molecule has 0 N–H and O–H groups in total. The zero-order valence-corrected chi connectivity index (χ0v) is 14.9. The third-order valence-corrected chi connectivity index (χ3v) is 4.73. The summed E-state index contributed by atoms with van der Waals surface area (Å²) in [5.74, 6) is -0.557. The number of thiophene rings is 1. The van der Waals surface area contributed by atoms with Crippen LogP contribution in [-0.4, -0.2) is 35.2 Å². The van der Waals surface area contributed by atoms with Gasteiger partial charge in [-0.25, -0.2) is 9.78 Å². The molecule has 0 unspecified atom stereocenters. The summed E-state index contributed by atoms with van der Waals surface area (Å²) in [6.07, 6.45) is 2.06. The standard InChI is InChI=1S/C16H20N2O5S/c1-9(2)5-6-23-11(19)7-18-8-17-14-12(15(18)20)10(3)13(24-14)16(21)22-4/h8-9H,5-7H2,1-4H3. The van der Waals surface area contributed by atoms with Gasteiger partial charge in [-0.1, -0.05) is 13.8 Å². The molecule has 0 aliphatic heterocycles. The Balaban J connectivity index is 2.25. The van der Waals surface area contributed by atoms with Crippen LogP contribution in [0.5, 0.6) is 0 Å². The molecule has 2 aromatic rings. The van der Waals surface area contributed by atoms with Crippen molar-refractivity contribution in [1.29, 1.82) is 0 Å². The number of ether oxygens (including phenoxy) is 2. The Morgan fingerprint density at radius 1 is 1.38 bits per heavy atom. The van der Waals surface area contributed by atoms with Gasteiger partial charge in [-0.3, -0.25) is 14.2 Å². The van der Waals surface area contributed by atoms with Crippen LogP contribution in [0.15, 0.2) is 11.1 Å². The molecule has 0 fully saturated rings. The van der Waals surface area contributed by atoms with Gasteiger partial charge in [-0.2, -0.15) is 0 Å². The van der Waals surface area contributed by atoms with Gasteiger partial charge in [0, 0.05) is 0 Å². The van der Waals surface area contributed by atoms with Crippen LogP contribution < -0.4 is 5.56 Å². The number of nitrogens with zero attached hydrogens (tertiary/aromatic N) is 2. The molecule has 0 radical (unpaired) electrons. The second-order valence-electron chi connectivity index (χ2n) is 5.81. The van der Waals surface area contributed by atoms with Crippen molar-refractivity contribution in [2.45, 2.75) is 33.7 Å². The van der Waals surface area contributed by atoms with Gasteiger partial charge < -0.3 is 9.47 Å². The second kappa shape index (κ2) is 7.57. The summed E-state index contributed by atoms with van der Waals surface area (Å²) in [6.45, 7) is 5.86. The first-order valence-corrected chi connectivity index (χ1v) is 8.39. The minimum absolute atomic E-state index is 0.206. The van der Waals surface area contributed by atoms with Gasteiger partial charge in [0.1, 0.15) is 16.3 Å². The average molecular weight is 352 g/mol. The Kier molecular flexibility index (Phi) is 5.71. The number of aryl methyl sites for hydroxylation is 1. The van der Waals surface area contributed by atoms with Gasteiger partial charge in [-0.15, -0.1) is 11.3 Å². The Hall–Kier alpha value is -2.22. The summed E-state index contributed by atoms with van der Waals surface area (Å²) in [7, 11) is 1.28. The fourth-order valence-electron chi connectivity index (χ4n) is 2.15. The van der Waals surface area contributed by atoms with E-state index in [1.165, 1.54) is 18.0 Å². The van der Waals surface area contributed by atoms with Crippen molar-refractivity contribution in [2.24, 2.45) is 5.92 Å². The number of hydrogen-bond acceptors (Lipinski definition) is 7. The molecule has 0 amide bonds. The number of aromatic nitrogens is 2. The molecule has 0 aliphatic carbocycles. The number of hydrogen-bond donors (Lipinski definition) is 0. The van der Waals surface area contributed by atoms with Gasteiger partial charge in [0.15, 0.2) is 0 Å². The Morgan fingerprint density at radius 3 is 2.71 bits per heavy atom. The first-order valence-electron chi connectivity index (χ1n) is 7.57. The molecule has 0 bridgehead atoms. The molecule has 2 aromatic heterocycles. The van der Waals surface area contributed by atoms with Crippen LogP contribution in [0.3, 0.4) is 0 Å². The molecule has 130 valence electrons. The van der Waals surface area contributed by atoms with E-state index < -0.39 is 11.9 Å². The van der Waals surface area contributed by atoms with E-state index in [0.717, 1.165) is 17.8 Å². The van der Waals surface area contributed by atoms with Crippen LogP contribution in [0, 0.1) is 12.8 Å². The third-order valence-electron chi connectivity index (χ3n) is 3.55. The molecule has 7 nitrogen and oxygen atoms in total. The largest absolute Gasteiger partial charge is 0.465 e. The maximum Gasteiger partial charge on any atom is 0.348 e. The molecule has 2 heterocycles. The summed E-state index contributed by atoms with van der Waals surface area (Å²) in [6, 6.07) is 0. The van der Waals surface area contributed by atoms with Crippen molar-refractivity contribution < 1.29 is 19.1 Å². The predicted molar refractivity (Wildman–Crippen MR) is 90.4 cm³/mol. The Bertz CT molecular complexity index is 822. The summed E-state index contributed by atoms with van der Waals surface area (Å²) in [5.41, 5.74) is 0.145. The highest BCUT2D eigenvalue weighted by Crippen LogP contribution is 2.27. The van der Waals surface area contributed by atoms with Gasteiger partial charge in [0.25, 0.3) is 5.56 Å². The van der Waals surface area contributed by atoms with Crippen molar-refractivity contribution in [3.8, 4) is 0 Å². The molecular formula is C16H20N2O5S. The number of carbonyl (C=O) groups excluding carboxylic acids is 2. The maximum absolute atomic E-state index is 12.6. The fourth-order valence-corrected chi connectivity index (χ4v) is 3.21. The monoisotopic (exact) mass is 352 g/mol. The van der Waals surface area contributed by atoms with Crippen LogP contribution in [0.4, 0.5) is 0 Å². The number of fused-ring (bicyclic) bond motifs is 1. The van der Waals surface area contributed by atoms with E-state index in [-0.39, 0.29) is 12.1 Å². The highest BCUT2D eigenvalue weighted by Gasteiger charge is 2.20. The van der Waals surface area contributed by atoms with E-state index in [1.807, 2.05) is 13.8 Å². The molecule has 2 rings (SSSR count). The number of carbonyl (C=O) groups is 2. The topological polar surface area (TPSA) is 87.5 Å². The fraction of sp³-hybridized carbons (Fsp3) is 0.500. The number of esters is 2. The highest BCUT2D eigenvalue weighted by molar-refractivity contribution is 7.20. The molecular weight excluding hydrogens is 332 g/mol. The quantitative estimate of drug-likeness (QED) is 0.740. The van der Waals surface area contributed by atoms with E-state index in [9.17, 15) is 14.4 Å². The van der Waals surface area contributed by atoms with Crippen LogP contribution in [-0.2, 0) is 20.8 Å². The summed E-state index contributed by atoms with van der Waals surface area (Å²) < 4.78 is 11.0. The lowest BCUT2D eigenvalue weighted by atomic mass is 10.1. The molecule has 0 saturated carbocycles. The zero-order chi connectivity index (χ0) is 17.9. The van der Waals surface area contributed by atoms with Crippen molar-refractivity contribution >= 4 is 33.5 Å². The summed E-state index contributed by atoms with van der Waals surface area (Å²) >= 11 is 1.10. The first-order chi connectivity index (χ1) is 11.3. The van der Waals surface area contributed by atoms with Crippen molar-refractivity contribution in [1.82, 2.24) is 9.55 Å². The van der Waals surface area contributed by atoms with E-state index in [0.29, 0.717) is 33.2 Å². The van der Waals surface area contributed by atoms with Crippen LogP contribution in [0.25, 0.3) is 10.2 Å². The minimum atomic E-state index is -0.505. The van der Waals surface area contributed by atoms with Crippen molar-refractivity contribution in [3.05, 3.63) is 27.1 Å². The SMILES string of the molecule is COC(=O)c1sc2ncn(CC(=O)OCCC(C)C)c(=O)c2c1C. The Labute approximate surface area is 143 Å². The molecule has 0 saturated heterocycles. The smallest absolute Gasteiger partial charge is 0.348 e. The normalized spacial score (nSPS) is 11.0. The number of methoxy groups -OCH3 is 1. The average Bonchev–Trinajstić information content (AvgIpc) is 2.86. The molecule has 0 spiro atoms. The van der Waals surface area contributed by atoms with E-state index in [4.69, 9.17) is 9.47 Å². The van der Waals surface area contributed by atoms with Gasteiger partial charge in [0.2, 0.25) is 0 Å². The lowest BCUT2D eigenvalue weighted by molar-refractivity contribution is -0.144. The van der Waals surface area contributed by atoms with Crippen LogP contribution >= 0.6 is 11.3 Å². The Morgan fingerprint density at radius 2 is 2.08 bits per heavy atom. The first kappa shape index (κ1) is 18.1.